The van der Waals surface area contributed by atoms with Gasteiger partial charge in [0.25, 0.3) is 5.91 Å². The summed E-state index contributed by atoms with van der Waals surface area (Å²) < 4.78 is 39.6. The highest BCUT2D eigenvalue weighted by molar-refractivity contribution is 7.89. The van der Waals surface area contributed by atoms with Crippen molar-refractivity contribution in [2.24, 2.45) is 0 Å². The number of halogens is 1. The molecule has 0 aliphatic carbocycles. The van der Waals surface area contributed by atoms with Crippen molar-refractivity contribution in [1.82, 2.24) is 9.73 Å². The molecule has 2 aromatic carbocycles. The van der Waals surface area contributed by atoms with Gasteiger partial charge in [-0.15, -0.1) is 0 Å². The third kappa shape index (κ3) is 3.80. The van der Waals surface area contributed by atoms with E-state index in [0.29, 0.717) is 25.1 Å². The molecule has 0 bridgehead atoms. The van der Waals surface area contributed by atoms with Crippen molar-refractivity contribution in [1.29, 1.82) is 0 Å². The Kier molecular flexibility index (Phi) is 5.00. The molecule has 1 aliphatic heterocycles. The molecule has 2 aromatic rings. The van der Waals surface area contributed by atoms with Crippen molar-refractivity contribution < 1.29 is 17.6 Å². The molecule has 6 nitrogen and oxygen atoms in total. The number of anilines is 1. The number of hydrazine groups is 1. The second-order valence-corrected chi connectivity index (χ2v) is 7.60. The summed E-state index contributed by atoms with van der Waals surface area (Å²) >= 11 is 0. The Morgan fingerprint density at radius 2 is 1.76 bits per heavy atom. The fourth-order valence-electron chi connectivity index (χ4n) is 2.77. The summed E-state index contributed by atoms with van der Waals surface area (Å²) in [6.45, 7) is 0.297. The number of carbonyl (C=O) groups is 1. The van der Waals surface area contributed by atoms with Gasteiger partial charge in [0.15, 0.2) is 0 Å². The Morgan fingerprint density at radius 1 is 1.08 bits per heavy atom. The zero-order valence-corrected chi connectivity index (χ0v) is 14.2. The van der Waals surface area contributed by atoms with E-state index >= 15 is 0 Å². The zero-order valence-electron chi connectivity index (χ0n) is 13.4. The number of sulfonamides is 1. The van der Waals surface area contributed by atoms with E-state index in [1.54, 1.807) is 18.2 Å². The van der Waals surface area contributed by atoms with Gasteiger partial charge in [-0.1, -0.05) is 18.2 Å². The lowest BCUT2D eigenvalue weighted by Gasteiger charge is -2.23. The minimum atomic E-state index is -3.73. The molecule has 1 saturated heterocycles. The molecule has 0 saturated carbocycles. The molecule has 0 unspecified atom stereocenters. The molecule has 25 heavy (non-hydrogen) atoms. The SMILES string of the molecule is O=C(NNc1ccc(F)cc1)[C@H]1CCCN1S(=O)(=O)c1ccccc1. The largest absolute Gasteiger partial charge is 0.299 e. The number of amides is 1. The Hall–Kier alpha value is -2.45. The highest BCUT2D eigenvalue weighted by Gasteiger charge is 2.39. The molecule has 1 heterocycles. The van der Waals surface area contributed by atoms with Gasteiger partial charge >= 0.3 is 0 Å². The molecule has 1 fully saturated rings. The van der Waals surface area contributed by atoms with Crippen molar-refractivity contribution in [2.45, 2.75) is 23.8 Å². The van der Waals surface area contributed by atoms with Gasteiger partial charge in [-0.25, -0.2) is 12.8 Å². The number of hydrogen-bond donors (Lipinski definition) is 2. The van der Waals surface area contributed by atoms with Gasteiger partial charge in [0.1, 0.15) is 11.9 Å². The normalized spacial score (nSPS) is 18.0. The Morgan fingerprint density at radius 3 is 2.44 bits per heavy atom. The van der Waals surface area contributed by atoms with E-state index in [2.05, 4.69) is 10.9 Å². The van der Waals surface area contributed by atoms with Crippen molar-refractivity contribution in [3.63, 3.8) is 0 Å². The number of rotatable bonds is 5. The van der Waals surface area contributed by atoms with Crippen LogP contribution in [0.4, 0.5) is 10.1 Å². The minimum absolute atomic E-state index is 0.168. The van der Waals surface area contributed by atoms with Gasteiger partial charge in [-0.3, -0.25) is 15.6 Å². The summed E-state index contributed by atoms with van der Waals surface area (Å²) in [6, 6.07) is 12.7. The standard InChI is InChI=1S/C17H18FN3O3S/c18-13-8-10-14(11-9-13)19-20-17(22)16-7-4-12-21(16)25(23,24)15-5-2-1-3-6-15/h1-3,5-6,8-11,16,19H,4,7,12H2,(H,20,22)/t16-/m1/s1. The van der Waals surface area contributed by atoms with E-state index in [1.165, 1.54) is 40.7 Å². The minimum Gasteiger partial charge on any atom is -0.299 e. The number of nitrogens with one attached hydrogen (secondary N) is 2. The Balaban J connectivity index is 1.70. The third-order valence-corrected chi connectivity index (χ3v) is 5.95. The molecule has 0 aromatic heterocycles. The summed E-state index contributed by atoms with van der Waals surface area (Å²) in [5, 5.41) is 0. The van der Waals surface area contributed by atoms with E-state index < -0.39 is 22.0 Å². The molecule has 8 heteroatoms. The van der Waals surface area contributed by atoms with Gasteiger partial charge in [0.05, 0.1) is 10.6 Å². The van der Waals surface area contributed by atoms with E-state index in [4.69, 9.17) is 0 Å². The first-order chi connectivity index (χ1) is 12.0. The van der Waals surface area contributed by atoms with Crippen LogP contribution in [0.3, 0.4) is 0 Å². The molecular weight excluding hydrogens is 345 g/mol. The second-order valence-electron chi connectivity index (χ2n) is 5.71. The van der Waals surface area contributed by atoms with Crippen LogP contribution in [0, 0.1) is 5.82 Å². The maximum absolute atomic E-state index is 12.9. The van der Waals surface area contributed by atoms with Gasteiger partial charge in [-0.05, 0) is 49.2 Å². The first-order valence-corrected chi connectivity index (χ1v) is 9.31. The first-order valence-electron chi connectivity index (χ1n) is 7.87. The first kappa shape index (κ1) is 17.4. The molecule has 1 atom stereocenters. The van der Waals surface area contributed by atoms with E-state index in [9.17, 15) is 17.6 Å². The molecular formula is C17H18FN3O3S. The predicted octanol–water partition coefficient (Wildman–Crippen LogP) is 2.12. The quantitative estimate of drug-likeness (QED) is 0.798. The van der Waals surface area contributed by atoms with Crippen LogP contribution >= 0.6 is 0 Å². The molecule has 2 N–H and O–H groups in total. The lowest BCUT2D eigenvalue weighted by Crippen LogP contribution is -2.47. The molecule has 1 aliphatic rings. The molecule has 132 valence electrons. The maximum Gasteiger partial charge on any atom is 0.256 e. The average molecular weight is 363 g/mol. The predicted molar refractivity (Wildman–Crippen MR) is 91.5 cm³/mol. The highest BCUT2D eigenvalue weighted by atomic mass is 32.2. The number of nitrogens with zero attached hydrogens (tertiary/aromatic N) is 1. The topological polar surface area (TPSA) is 78.5 Å². The van der Waals surface area contributed by atoms with Crippen molar-refractivity contribution >= 4 is 21.6 Å². The van der Waals surface area contributed by atoms with E-state index in [0.717, 1.165) is 0 Å². The Bertz CT molecular complexity index is 841. The van der Waals surface area contributed by atoms with Crippen LogP contribution in [0.2, 0.25) is 0 Å². The van der Waals surface area contributed by atoms with E-state index in [-0.39, 0.29) is 10.7 Å². The van der Waals surface area contributed by atoms with Gasteiger partial charge in [-0.2, -0.15) is 4.31 Å². The van der Waals surface area contributed by atoms with Gasteiger partial charge in [0, 0.05) is 6.54 Å². The fourth-order valence-corrected chi connectivity index (χ4v) is 4.45. The molecule has 3 rings (SSSR count). The monoisotopic (exact) mass is 363 g/mol. The molecule has 1 amide bonds. The third-order valence-electron chi connectivity index (χ3n) is 4.03. The molecule has 0 spiro atoms. The number of benzene rings is 2. The average Bonchev–Trinajstić information content (AvgIpc) is 3.12. The van der Waals surface area contributed by atoms with Crippen molar-refractivity contribution in [2.75, 3.05) is 12.0 Å². The second kappa shape index (κ2) is 7.20. The van der Waals surface area contributed by atoms with Crippen LogP contribution in [0.25, 0.3) is 0 Å². The van der Waals surface area contributed by atoms with E-state index in [1.807, 2.05) is 0 Å². The van der Waals surface area contributed by atoms with Gasteiger partial charge < -0.3 is 0 Å². The lowest BCUT2D eigenvalue weighted by molar-refractivity contribution is -0.123. The van der Waals surface area contributed by atoms with Crippen LogP contribution in [-0.4, -0.2) is 31.2 Å². The molecule has 0 radical (unpaired) electrons. The van der Waals surface area contributed by atoms with Crippen LogP contribution < -0.4 is 10.9 Å². The number of hydrogen-bond acceptors (Lipinski definition) is 4. The summed E-state index contributed by atoms with van der Waals surface area (Å²) in [4.78, 5) is 12.6. The smallest absolute Gasteiger partial charge is 0.256 e. The maximum atomic E-state index is 12.9. The van der Waals surface area contributed by atoms with Crippen LogP contribution in [0.1, 0.15) is 12.8 Å². The van der Waals surface area contributed by atoms with Crippen LogP contribution in [0.15, 0.2) is 59.5 Å². The Labute approximate surface area is 145 Å². The zero-order chi connectivity index (χ0) is 17.9. The van der Waals surface area contributed by atoms with Crippen molar-refractivity contribution in [3.8, 4) is 0 Å². The van der Waals surface area contributed by atoms with Gasteiger partial charge in [0.2, 0.25) is 10.0 Å². The highest BCUT2D eigenvalue weighted by Crippen LogP contribution is 2.26. The summed E-state index contributed by atoms with van der Waals surface area (Å²) in [7, 11) is -3.73. The summed E-state index contributed by atoms with van der Waals surface area (Å²) in [5.41, 5.74) is 5.67. The fraction of sp³-hybridized carbons (Fsp3) is 0.235. The van der Waals surface area contributed by atoms with Crippen molar-refractivity contribution in [3.05, 3.63) is 60.4 Å². The van der Waals surface area contributed by atoms with Crippen LogP contribution in [-0.2, 0) is 14.8 Å². The lowest BCUT2D eigenvalue weighted by atomic mass is 10.2. The summed E-state index contributed by atoms with van der Waals surface area (Å²) in [6.07, 6.45) is 1.06. The van der Waals surface area contributed by atoms with Crippen LogP contribution in [0.5, 0.6) is 0 Å². The number of carbonyl (C=O) groups excluding carboxylic acids is 1. The summed E-state index contributed by atoms with van der Waals surface area (Å²) in [5.74, 6) is -0.825.